The van der Waals surface area contributed by atoms with E-state index in [-0.39, 0.29) is 17.7 Å². The standard InChI is InChI=1S/C22H35N3O4/c1-15(2)13-18(20(27)29-22(4,5)6)23-21(28)24-25(7)19(26)16(3)14-17-11-9-8-10-12-17/h8-12,15-16,18H,13-14H2,1-7H3,(H2,23,24,28)/t16-,18-/m0/s1. The third-order valence-corrected chi connectivity index (χ3v) is 4.11. The maximum atomic E-state index is 12.6. The highest BCUT2D eigenvalue weighted by Gasteiger charge is 2.28. The molecule has 7 heteroatoms. The number of nitrogens with one attached hydrogen (secondary N) is 2. The van der Waals surface area contributed by atoms with Gasteiger partial charge >= 0.3 is 12.0 Å². The minimum Gasteiger partial charge on any atom is -0.458 e. The first kappa shape index (κ1) is 24.5. The van der Waals surface area contributed by atoms with Gasteiger partial charge in [0.05, 0.1) is 0 Å². The summed E-state index contributed by atoms with van der Waals surface area (Å²) in [6.07, 6.45) is 1.01. The van der Waals surface area contributed by atoms with E-state index in [1.807, 2.05) is 51.1 Å². The first-order valence-corrected chi connectivity index (χ1v) is 10.0. The van der Waals surface area contributed by atoms with Crippen molar-refractivity contribution in [1.29, 1.82) is 0 Å². The number of rotatable bonds is 7. The van der Waals surface area contributed by atoms with Crippen LogP contribution in [0.3, 0.4) is 0 Å². The number of carbonyl (C=O) groups excluding carboxylic acids is 3. The lowest BCUT2D eigenvalue weighted by atomic mass is 10.0. The van der Waals surface area contributed by atoms with Gasteiger partial charge in [-0.2, -0.15) is 0 Å². The van der Waals surface area contributed by atoms with Gasteiger partial charge in [-0.15, -0.1) is 0 Å². The van der Waals surface area contributed by atoms with E-state index in [1.165, 1.54) is 7.05 Å². The van der Waals surface area contributed by atoms with Crippen LogP contribution in [0.5, 0.6) is 0 Å². The Morgan fingerprint density at radius 3 is 2.17 bits per heavy atom. The molecular weight excluding hydrogens is 370 g/mol. The predicted molar refractivity (Wildman–Crippen MR) is 113 cm³/mol. The van der Waals surface area contributed by atoms with Gasteiger partial charge in [0.1, 0.15) is 11.6 Å². The first-order chi connectivity index (χ1) is 13.4. The van der Waals surface area contributed by atoms with Gasteiger partial charge in [0.25, 0.3) is 0 Å². The molecule has 0 unspecified atom stereocenters. The van der Waals surface area contributed by atoms with Crippen molar-refractivity contribution in [1.82, 2.24) is 15.8 Å². The van der Waals surface area contributed by atoms with Gasteiger partial charge in [-0.25, -0.2) is 15.0 Å². The fraction of sp³-hybridized carbons (Fsp3) is 0.591. The molecule has 2 N–H and O–H groups in total. The molecule has 7 nitrogen and oxygen atoms in total. The van der Waals surface area contributed by atoms with Crippen LogP contribution >= 0.6 is 0 Å². The van der Waals surface area contributed by atoms with Crippen molar-refractivity contribution in [2.45, 2.75) is 66.0 Å². The van der Waals surface area contributed by atoms with Crippen molar-refractivity contribution >= 4 is 17.9 Å². The largest absolute Gasteiger partial charge is 0.458 e. The summed E-state index contributed by atoms with van der Waals surface area (Å²) in [5, 5.41) is 3.78. The first-order valence-electron chi connectivity index (χ1n) is 10.0. The van der Waals surface area contributed by atoms with Crippen LogP contribution in [0.1, 0.15) is 53.5 Å². The van der Waals surface area contributed by atoms with E-state index in [0.29, 0.717) is 12.8 Å². The summed E-state index contributed by atoms with van der Waals surface area (Å²) in [4.78, 5) is 37.4. The number of esters is 1. The van der Waals surface area contributed by atoms with E-state index < -0.39 is 23.6 Å². The third-order valence-electron chi connectivity index (χ3n) is 4.11. The Bertz CT molecular complexity index is 683. The molecule has 0 spiro atoms. The number of hydrogen-bond acceptors (Lipinski definition) is 4. The summed E-state index contributed by atoms with van der Waals surface area (Å²) in [6.45, 7) is 11.1. The highest BCUT2D eigenvalue weighted by molar-refractivity contribution is 5.86. The molecule has 3 amide bonds. The highest BCUT2D eigenvalue weighted by atomic mass is 16.6. The van der Waals surface area contributed by atoms with Crippen molar-refractivity contribution in [2.75, 3.05) is 7.05 Å². The van der Waals surface area contributed by atoms with E-state index in [1.54, 1.807) is 20.8 Å². The molecule has 0 heterocycles. The second kappa shape index (κ2) is 10.8. The number of hydrazine groups is 1. The molecule has 0 saturated carbocycles. The van der Waals surface area contributed by atoms with E-state index in [0.717, 1.165) is 10.6 Å². The van der Waals surface area contributed by atoms with Crippen molar-refractivity contribution in [3.63, 3.8) is 0 Å². The van der Waals surface area contributed by atoms with Gasteiger partial charge < -0.3 is 10.1 Å². The minimum atomic E-state index is -0.792. The van der Waals surface area contributed by atoms with Gasteiger partial charge in [0, 0.05) is 13.0 Å². The summed E-state index contributed by atoms with van der Waals surface area (Å²) in [5.74, 6) is -0.840. The predicted octanol–water partition coefficient (Wildman–Crippen LogP) is 3.29. The van der Waals surface area contributed by atoms with Crippen LogP contribution in [0.25, 0.3) is 0 Å². The maximum Gasteiger partial charge on any atom is 0.334 e. The summed E-state index contributed by atoms with van der Waals surface area (Å²) in [6, 6.07) is 8.28. The number of urea groups is 1. The zero-order valence-corrected chi connectivity index (χ0v) is 18.6. The van der Waals surface area contributed by atoms with E-state index in [2.05, 4.69) is 10.7 Å². The molecule has 1 aromatic carbocycles. The number of benzene rings is 1. The molecule has 1 rings (SSSR count). The molecule has 0 fully saturated rings. The number of nitrogens with zero attached hydrogens (tertiary/aromatic N) is 1. The lowest BCUT2D eigenvalue weighted by molar-refractivity contribution is -0.157. The average Bonchev–Trinajstić information content (AvgIpc) is 2.59. The fourth-order valence-corrected chi connectivity index (χ4v) is 2.84. The van der Waals surface area contributed by atoms with Crippen molar-refractivity contribution in [3.8, 4) is 0 Å². The molecule has 1 aromatic rings. The zero-order chi connectivity index (χ0) is 22.2. The Balaban J connectivity index is 2.66. The zero-order valence-electron chi connectivity index (χ0n) is 18.6. The van der Waals surface area contributed by atoms with Crippen LogP contribution < -0.4 is 10.7 Å². The lowest BCUT2D eigenvalue weighted by Gasteiger charge is -2.27. The normalized spacial score (nSPS) is 13.4. The van der Waals surface area contributed by atoms with Crippen LogP contribution in [0.15, 0.2) is 30.3 Å². The van der Waals surface area contributed by atoms with E-state index in [4.69, 9.17) is 4.74 Å². The van der Waals surface area contributed by atoms with Crippen LogP contribution in [0.4, 0.5) is 4.79 Å². The van der Waals surface area contributed by atoms with E-state index >= 15 is 0 Å². The van der Waals surface area contributed by atoms with Crippen molar-refractivity contribution < 1.29 is 19.1 Å². The Labute approximate surface area is 174 Å². The molecule has 0 aliphatic rings. The second-order valence-electron chi connectivity index (χ2n) is 8.79. The van der Waals surface area contributed by atoms with Gasteiger partial charge in [0.15, 0.2) is 0 Å². The Morgan fingerprint density at radius 1 is 1.07 bits per heavy atom. The molecule has 0 saturated heterocycles. The van der Waals surface area contributed by atoms with Crippen LogP contribution in [0.2, 0.25) is 0 Å². The molecule has 0 aliphatic heterocycles. The molecular formula is C22H35N3O4. The second-order valence-corrected chi connectivity index (χ2v) is 8.79. The molecule has 0 aliphatic carbocycles. The monoisotopic (exact) mass is 405 g/mol. The number of amides is 3. The Morgan fingerprint density at radius 2 is 1.66 bits per heavy atom. The van der Waals surface area contributed by atoms with Crippen LogP contribution in [-0.4, -0.2) is 41.6 Å². The smallest absolute Gasteiger partial charge is 0.334 e. The molecule has 29 heavy (non-hydrogen) atoms. The van der Waals surface area contributed by atoms with Crippen LogP contribution in [-0.2, 0) is 20.7 Å². The lowest BCUT2D eigenvalue weighted by Crippen LogP contribution is -2.54. The van der Waals surface area contributed by atoms with Gasteiger partial charge in [-0.1, -0.05) is 51.1 Å². The summed E-state index contributed by atoms with van der Waals surface area (Å²) in [7, 11) is 1.49. The summed E-state index contributed by atoms with van der Waals surface area (Å²) in [5.41, 5.74) is 2.89. The Hall–Kier alpha value is -2.57. The molecule has 162 valence electrons. The number of ether oxygens (including phenoxy) is 1. The molecule has 0 radical (unpaired) electrons. The Kier molecular flexibility index (Phi) is 9.14. The molecule has 2 atom stereocenters. The van der Waals surface area contributed by atoms with Gasteiger partial charge in [0.2, 0.25) is 5.91 Å². The van der Waals surface area contributed by atoms with Gasteiger partial charge in [-0.05, 0) is 45.1 Å². The summed E-state index contributed by atoms with van der Waals surface area (Å²) >= 11 is 0. The average molecular weight is 406 g/mol. The van der Waals surface area contributed by atoms with Crippen molar-refractivity contribution in [2.24, 2.45) is 11.8 Å². The molecule has 0 aromatic heterocycles. The quantitative estimate of drug-likeness (QED) is 0.538. The molecule has 0 bridgehead atoms. The number of hydrogen-bond donors (Lipinski definition) is 2. The van der Waals surface area contributed by atoms with E-state index in [9.17, 15) is 14.4 Å². The van der Waals surface area contributed by atoms with Crippen molar-refractivity contribution in [3.05, 3.63) is 35.9 Å². The van der Waals surface area contributed by atoms with Gasteiger partial charge in [-0.3, -0.25) is 9.80 Å². The summed E-state index contributed by atoms with van der Waals surface area (Å²) < 4.78 is 5.40. The number of carbonyl (C=O) groups is 3. The highest BCUT2D eigenvalue weighted by Crippen LogP contribution is 2.13. The van der Waals surface area contributed by atoms with Crippen LogP contribution in [0, 0.1) is 11.8 Å². The SMILES string of the molecule is CC(C)C[C@H](NC(=O)NN(C)C(=O)[C@@H](C)Cc1ccccc1)C(=O)OC(C)(C)C. The maximum absolute atomic E-state index is 12.6. The minimum absolute atomic E-state index is 0.179. The topological polar surface area (TPSA) is 87.7 Å². The fourth-order valence-electron chi connectivity index (χ4n) is 2.84. The third kappa shape index (κ3) is 9.45.